The molecule has 0 unspecified atom stereocenters. The summed E-state index contributed by atoms with van der Waals surface area (Å²) in [5.74, 6) is -0.315. The molecule has 0 aromatic heterocycles. The third-order valence-corrected chi connectivity index (χ3v) is 3.99. The van der Waals surface area contributed by atoms with Crippen LogP contribution in [0.4, 0.5) is 0 Å². The van der Waals surface area contributed by atoms with Crippen molar-refractivity contribution in [1.29, 1.82) is 0 Å². The average molecular weight is 295 g/mol. The number of hydrogen-bond acceptors (Lipinski definition) is 3. The predicted molar refractivity (Wildman–Crippen MR) is 84.1 cm³/mol. The highest BCUT2D eigenvalue weighted by Gasteiger charge is 2.15. The molecule has 0 spiro atoms. The van der Waals surface area contributed by atoms with Gasteiger partial charge in [0.05, 0.1) is 0 Å². The monoisotopic (exact) mass is 295 g/mol. The van der Waals surface area contributed by atoms with E-state index < -0.39 is 6.10 Å². The second-order valence-corrected chi connectivity index (χ2v) is 5.92. The highest BCUT2D eigenvalue weighted by Crippen LogP contribution is 2.13. The lowest BCUT2D eigenvalue weighted by molar-refractivity contribution is -0.124. The first-order chi connectivity index (χ1) is 10.1. The number of carbonyl (C=O) groups excluding carboxylic acids is 2. The van der Waals surface area contributed by atoms with Crippen LogP contribution in [0, 0.1) is 0 Å². The van der Waals surface area contributed by atoms with Crippen LogP contribution in [0.3, 0.4) is 0 Å². The summed E-state index contributed by atoms with van der Waals surface area (Å²) < 4.78 is 5.23. The minimum absolute atomic E-state index is 0.118. The summed E-state index contributed by atoms with van der Waals surface area (Å²) in [4.78, 5) is 23.7. The lowest BCUT2D eigenvalue weighted by Crippen LogP contribution is -2.31. The van der Waals surface area contributed by atoms with Gasteiger partial charge in [-0.25, -0.2) is 0 Å². The fourth-order valence-electron chi connectivity index (χ4n) is 2.67. The molecule has 1 N–H and O–H groups in total. The normalized spacial score (nSPS) is 28.9. The third-order valence-electron chi connectivity index (χ3n) is 3.99. The van der Waals surface area contributed by atoms with E-state index in [4.69, 9.17) is 4.74 Å². The van der Waals surface area contributed by atoms with Crippen molar-refractivity contribution in [2.24, 2.45) is 0 Å². The average Bonchev–Trinajstić information content (AvgIpc) is 2.46. The Labute approximate surface area is 128 Å². The second kappa shape index (κ2) is 10.6. The lowest BCUT2D eigenvalue weighted by Gasteiger charge is -2.14. The van der Waals surface area contributed by atoms with Crippen molar-refractivity contribution in [2.45, 2.75) is 76.9 Å². The Hall–Kier alpha value is -1.16. The maximum absolute atomic E-state index is 12.0. The van der Waals surface area contributed by atoms with E-state index in [2.05, 4.69) is 5.32 Å². The Morgan fingerprint density at radius 3 is 2.14 bits per heavy atom. The van der Waals surface area contributed by atoms with Crippen molar-refractivity contribution >= 4 is 11.7 Å². The van der Waals surface area contributed by atoms with Crippen LogP contribution in [0.15, 0.2) is 12.2 Å². The molecule has 21 heavy (non-hydrogen) atoms. The summed E-state index contributed by atoms with van der Waals surface area (Å²) in [7, 11) is 1.55. The number of ether oxygens (including phenoxy) is 1. The number of ketones is 1. The van der Waals surface area contributed by atoms with Gasteiger partial charge in [0.2, 0.25) is 5.91 Å². The summed E-state index contributed by atoms with van der Waals surface area (Å²) in [5.41, 5.74) is 0. The van der Waals surface area contributed by atoms with Crippen LogP contribution in [0.2, 0.25) is 0 Å². The molecule has 4 heteroatoms. The van der Waals surface area contributed by atoms with E-state index in [1.165, 1.54) is 37.8 Å². The molecule has 0 fully saturated rings. The molecule has 1 aliphatic heterocycles. The van der Waals surface area contributed by atoms with Gasteiger partial charge < -0.3 is 10.1 Å². The molecule has 0 aromatic rings. The van der Waals surface area contributed by atoms with Gasteiger partial charge in [0.15, 0.2) is 5.78 Å². The molecule has 0 radical (unpaired) electrons. The van der Waals surface area contributed by atoms with E-state index in [9.17, 15) is 9.59 Å². The number of nitrogens with one attached hydrogen (secondary N) is 1. The molecule has 0 aromatic carbocycles. The van der Waals surface area contributed by atoms with Gasteiger partial charge in [-0.05, 0) is 25.8 Å². The molecule has 1 amide bonds. The molecule has 4 nitrogen and oxygen atoms in total. The zero-order valence-electron chi connectivity index (χ0n) is 13.4. The van der Waals surface area contributed by atoms with Gasteiger partial charge in [-0.2, -0.15) is 0 Å². The summed E-state index contributed by atoms with van der Waals surface area (Å²) in [6.07, 6.45) is 12.3. The molecule has 0 saturated heterocycles. The fourth-order valence-corrected chi connectivity index (χ4v) is 2.67. The summed E-state index contributed by atoms with van der Waals surface area (Å²) in [5, 5.41) is 2.90. The van der Waals surface area contributed by atoms with Crippen LogP contribution >= 0.6 is 0 Å². The molecular weight excluding hydrogens is 266 g/mol. The maximum atomic E-state index is 12.0. The van der Waals surface area contributed by atoms with Gasteiger partial charge in [0.25, 0.3) is 0 Å². The standard InChI is InChI=1S/C17H29NO3/c1-14-10-8-6-4-3-5-7-9-11-16(21-2)15(19)12-13-17(20)18-14/h12-14,16H,3-11H2,1-2H3,(H,18,20)/b13-12+/t14-,16+/m1/s1. The van der Waals surface area contributed by atoms with E-state index in [1.807, 2.05) is 6.92 Å². The van der Waals surface area contributed by atoms with Crippen molar-refractivity contribution < 1.29 is 14.3 Å². The summed E-state index contributed by atoms with van der Waals surface area (Å²) in [6, 6.07) is 0.156. The Balaban J connectivity index is 2.58. The number of amides is 1. The molecule has 0 saturated carbocycles. The van der Waals surface area contributed by atoms with E-state index in [-0.39, 0.29) is 17.7 Å². The Kier molecular flexibility index (Phi) is 8.99. The van der Waals surface area contributed by atoms with E-state index in [0.717, 1.165) is 32.1 Å². The highest BCUT2D eigenvalue weighted by molar-refractivity contribution is 5.99. The van der Waals surface area contributed by atoms with Gasteiger partial charge >= 0.3 is 0 Å². The highest BCUT2D eigenvalue weighted by atomic mass is 16.5. The van der Waals surface area contributed by atoms with Crippen LogP contribution in [0.25, 0.3) is 0 Å². The number of hydrogen-bond donors (Lipinski definition) is 1. The minimum atomic E-state index is -0.417. The SMILES string of the molecule is CO[C@H]1CCCCCCCCC[C@@H](C)NC(=O)/C=C/C1=O. The summed E-state index contributed by atoms with van der Waals surface area (Å²) >= 11 is 0. The number of rotatable bonds is 1. The molecule has 120 valence electrons. The Morgan fingerprint density at radius 2 is 1.52 bits per heavy atom. The fraction of sp³-hybridized carbons (Fsp3) is 0.765. The number of methoxy groups -OCH3 is 1. The van der Waals surface area contributed by atoms with Crippen LogP contribution in [-0.2, 0) is 14.3 Å². The topological polar surface area (TPSA) is 55.4 Å². The van der Waals surface area contributed by atoms with Gasteiger partial charge in [0, 0.05) is 19.2 Å². The zero-order valence-corrected chi connectivity index (χ0v) is 13.4. The molecular formula is C17H29NO3. The zero-order chi connectivity index (χ0) is 15.5. The van der Waals surface area contributed by atoms with Crippen molar-refractivity contribution in [3.63, 3.8) is 0 Å². The van der Waals surface area contributed by atoms with Crippen molar-refractivity contribution in [3.8, 4) is 0 Å². The number of carbonyl (C=O) groups is 2. The molecule has 1 aliphatic rings. The third kappa shape index (κ3) is 8.00. The largest absolute Gasteiger partial charge is 0.373 e. The van der Waals surface area contributed by atoms with Gasteiger partial charge in [-0.1, -0.05) is 44.9 Å². The second-order valence-electron chi connectivity index (χ2n) is 5.92. The Morgan fingerprint density at radius 1 is 0.952 bits per heavy atom. The van der Waals surface area contributed by atoms with Crippen molar-refractivity contribution in [1.82, 2.24) is 5.32 Å². The van der Waals surface area contributed by atoms with Crippen molar-refractivity contribution in [3.05, 3.63) is 12.2 Å². The van der Waals surface area contributed by atoms with Crippen LogP contribution in [0.5, 0.6) is 0 Å². The Bertz CT molecular complexity index is 352. The van der Waals surface area contributed by atoms with Gasteiger partial charge in [-0.15, -0.1) is 0 Å². The van der Waals surface area contributed by atoms with Gasteiger partial charge in [-0.3, -0.25) is 9.59 Å². The predicted octanol–water partition coefficient (Wildman–Crippen LogP) is 3.16. The first-order valence-corrected chi connectivity index (χ1v) is 8.18. The quantitative estimate of drug-likeness (QED) is 0.808. The molecule has 1 rings (SSSR count). The van der Waals surface area contributed by atoms with Crippen LogP contribution < -0.4 is 5.32 Å². The molecule has 0 bridgehead atoms. The van der Waals surface area contributed by atoms with E-state index in [1.54, 1.807) is 7.11 Å². The first-order valence-electron chi connectivity index (χ1n) is 8.18. The van der Waals surface area contributed by atoms with Crippen molar-refractivity contribution in [2.75, 3.05) is 7.11 Å². The smallest absolute Gasteiger partial charge is 0.244 e. The molecule has 0 aliphatic carbocycles. The summed E-state index contributed by atoms with van der Waals surface area (Å²) in [6.45, 7) is 2.01. The molecule has 2 atom stereocenters. The first kappa shape index (κ1) is 17.9. The van der Waals surface area contributed by atoms with Gasteiger partial charge in [0.1, 0.15) is 6.10 Å². The van der Waals surface area contributed by atoms with E-state index in [0.29, 0.717) is 0 Å². The van der Waals surface area contributed by atoms with Crippen LogP contribution in [-0.4, -0.2) is 30.9 Å². The van der Waals surface area contributed by atoms with E-state index >= 15 is 0 Å². The molecule has 1 heterocycles. The van der Waals surface area contributed by atoms with Crippen LogP contribution in [0.1, 0.15) is 64.7 Å². The lowest BCUT2D eigenvalue weighted by atomic mass is 10.0. The minimum Gasteiger partial charge on any atom is -0.373 e. The maximum Gasteiger partial charge on any atom is 0.244 e.